The first kappa shape index (κ1) is 16.4. The summed E-state index contributed by atoms with van der Waals surface area (Å²) in [4.78, 5) is 42.1. The maximum Gasteiger partial charge on any atom is 0.322 e. The van der Waals surface area contributed by atoms with E-state index < -0.39 is 11.6 Å². The second-order valence-electron chi connectivity index (χ2n) is 7.80. The first-order valence-electron chi connectivity index (χ1n) is 9.63. The third kappa shape index (κ3) is 2.44. The predicted octanol–water partition coefficient (Wildman–Crippen LogP) is 1.86. The minimum atomic E-state index is -0.856. The third-order valence-corrected chi connectivity index (χ3v) is 6.28. The molecule has 0 saturated carbocycles. The van der Waals surface area contributed by atoms with Gasteiger partial charge in [0.2, 0.25) is 0 Å². The number of imide groups is 1. The number of para-hydroxylation sites is 1. The molecule has 2 aliphatic heterocycles. The van der Waals surface area contributed by atoms with Gasteiger partial charge in [0.25, 0.3) is 11.8 Å². The van der Waals surface area contributed by atoms with Gasteiger partial charge in [-0.2, -0.15) is 0 Å². The highest BCUT2D eigenvalue weighted by Crippen LogP contribution is 2.32. The van der Waals surface area contributed by atoms with E-state index in [1.54, 1.807) is 4.90 Å². The number of benzene rings is 1. The first-order chi connectivity index (χ1) is 13.1. The molecule has 1 aliphatic carbocycles. The molecule has 2 fully saturated rings. The van der Waals surface area contributed by atoms with E-state index in [1.807, 2.05) is 12.1 Å². The summed E-state index contributed by atoms with van der Waals surface area (Å²) < 4.78 is 0. The Morgan fingerprint density at radius 2 is 1.85 bits per heavy atom. The van der Waals surface area contributed by atoms with Crippen LogP contribution in [-0.4, -0.2) is 46.4 Å². The molecule has 0 radical (unpaired) electrons. The van der Waals surface area contributed by atoms with Gasteiger partial charge >= 0.3 is 6.03 Å². The fraction of sp³-hybridized carbons (Fsp3) is 0.450. The summed E-state index contributed by atoms with van der Waals surface area (Å²) in [6.07, 6.45) is 5.36. The molecule has 140 valence electrons. The summed E-state index contributed by atoms with van der Waals surface area (Å²) in [6, 6.07) is 5.48. The molecule has 3 heterocycles. The number of fused-ring (bicyclic) bond motifs is 3. The summed E-state index contributed by atoms with van der Waals surface area (Å²) in [5.41, 5.74) is 3.39. The van der Waals surface area contributed by atoms with Crippen molar-refractivity contribution in [1.29, 1.82) is 0 Å². The van der Waals surface area contributed by atoms with E-state index in [9.17, 15) is 14.4 Å². The molecule has 7 heteroatoms. The van der Waals surface area contributed by atoms with E-state index in [4.69, 9.17) is 0 Å². The van der Waals surface area contributed by atoms with Crippen LogP contribution in [0.4, 0.5) is 4.79 Å². The molecule has 2 saturated heterocycles. The number of nitrogens with zero attached hydrogens (tertiary/aromatic N) is 1. The molecule has 27 heavy (non-hydrogen) atoms. The van der Waals surface area contributed by atoms with Gasteiger partial charge in [-0.15, -0.1) is 0 Å². The molecule has 0 atom stereocenters. The lowest BCUT2D eigenvalue weighted by molar-refractivity contribution is -0.125. The van der Waals surface area contributed by atoms with Crippen molar-refractivity contribution in [3.63, 3.8) is 0 Å². The van der Waals surface area contributed by atoms with Gasteiger partial charge in [0, 0.05) is 24.2 Å². The van der Waals surface area contributed by atoms with Crippen molar-refractivity contribution >= 4 is 28.7 Å². The van der Waals surface area contributed by atoms with Gasteiger partial charge in [-0.25, -0.2) is 4.79 Å². The number of nitrogens with one attached hydrogen (secondary N) is 3. The number of carbonyl (C=O) groups excluding carboxylic acids is 3. The average Bonchev–Trinajstić information content (AvgIpc) is 3.19. The van der Waals surface area contributed by atoms with Crippen molar-refractivity contribution in [3.05, 3.63) is 35.0 Å². The van der Waals surface area contributed by atoms with Crippen LogP contribution in [0.2, 0.25) is 0 Å². The standard InChI is InChI=1S/C20H22N4O3/c25-17(24-10-8-20(9-11-24)18(26)22-19(27)23-20)14-6-3-5-13-12-4-1-2-7-15(12)21-16(13)14/h3,5-6,21H,1-2,4,7-11H2,(H2,22,23,26,27). The van der Waals surface area contributed by atoms with Crippen LogP contribution in [-0.2, 0) is 17.6 Å². The molecule has 0 unspecified atom stereocenters. The molecule has 0 bridgehead atoms. The smallest absolute Gasteiger partial charge is 0.322 e. The molecule has 1 aromatic carbocycles. The van der Waals surface area contributed by atoms with Crippen molar-refractivity contribution in [1.82, 2.24) is 20.5 Å². The van der Waals surface area contributed by atoms with Crippen LogP contribution in [0.3, 0.4) is 0 Å². The molecule has 3 aliphatic rings. The molecule has 1 aromatic heterocycles. The Morgan fingerprint density at radius 1 is 1.07 bits per heavy atom. The van der Waals surface area contributed by atoms with E-state index in [-0.39, 0.29) is 11.8 Å². The van der Waals surface area contributed by atoms with Crippen molar-refractivity contribution in [2.75, 3.05) is 13.1 Å². The third-order valence-electron chi connectivity index (χ3n) is 6.28. The van der Waals surface area contributed by atoms with Gasteiger partial charge < -0.3 is 15.2 Å². The molecular weight excluding hydrogens is 344 g/mol. The van der Waals surface area contributed by atoms with Gasteiger partial charge in [-0.3, -0.25) is 14.9 Å². The van der Waals surface area contributed by atoms with Gasteiger partial charge in [0.15, 0.2) is 0 Å². The Hall–Kier alpha value is -2.83. The van der Waals surface area contributed by atoms with E-state index in [1.165, 1.54) is 24.1 Å². The van der Waals surface area contributed by atoms with Crippen molar-refractivity contribution in [3.8, 4) is 0 Å². The van der Waals surface area contributed by atoms with Gasteiger partial charge in [-0.1, -0.05) is 12.1 Å². The van der Waals surface area contributed by atoms with Gasteiger partial charge in [0.1, 0.15) is 5.54 Å². The Bertz CT molecular complexity index is 969. The maximum absolute atomic E-state index is 13.2. The Balaban J connectivity index is 1.41. The zero-order valence-corrected chi connectivity index (χ0v) is 15.1. The number of aromatic nitrogens is 1. The number of rotatable bonds is 1. The lowest BCUT2D eigenvalue weighted by Gasteiger charge is -2.37. The number of amides is 4. The van der Waals surface area contributed by atoms with Crippen molar-refractivity contribution < 1.29 is 14.4 Å². The number of urea groups is 1. The monoisotopic (exact) mass is 366 g/mol. The predicted molar refractivity (Wildman–Crippen MR) is 99.5 cm³/mol. The number of hydrogen-bond donors (Lipinski definition) is 3. The molecule has 1 spiro atoms. The SMILES string of the molecule is O=C1NC(=O)C2(CCN(C(=O)c3cccc4c5c([nH]c34)CCCC5)CC2)N1. The Labute approximate surface area is 156 Å². The van der Waals surface area contributed by atoms with E-state index in [0.29, 0.717) is 31.5 Å². The molecule has 5 rings (SSSR count). The van der Waals surface area contributed by atoms with Crippen molar-refractivity contribution in [2.45, 2.75) is 44.1 Å². The highest BCUT2D eigenvalue weighted by molar-refractivity contribution is 6.08. The molecule has 7 nitrogen and oxygen atoms in total. The number of piperidine rings is 1. The summed E-state index contributed by atoms with van der Waals surface area (Å²) >= 11 is 0. The number of H-pyrrole nitrogens is 1. The second kappa shape index (κ2) is 5.84. The fourth-order valence-corrected chi connectivity index (χ4v) is 4.75. The molecular formula is C20H22N4O3. The summed E-state index contributed by atoms with van der Waals surface area (Å²) in [6.45, 7) is 0.896. The van der Waals surface area contributed by atoms with Crippen LogP contribution < -0.4 is 10.6 Å². The maximum atomic E-state index is 13.2. The van der Waals surface area contributed by atoms with E-state index >= 15 is 0 Å². The lowest BCUT2D eigenvalue weighted by atomic mass is 9.87. The Morgan fingerprint density at radius 3 is 2.59 bits per heavy atom. The number of carbonyl (C=O) groups is 3. The van der Waals surface area contributed by atoms with Crippen LogP contribution in [0.15, 0.2) is 18.2 Å². The van der Waals surface area contributed by atoms with E-state index in [2.05, 4.69) is 21.7 Å². The molecule has 2 aromatic rings. The number of aromatic amines is 1. The second-order valence-corrected chi connectivity index (χ2v) is 7.80. The minimum Gasteiger partial charge on any atom is -0.358 e. The normalized spacial score (nSPS) is 21.3. The zero-order chi connectivity index (χ0) is 18.6. The highest BCUT2D eigenvalue weighted by atomic mass is 16.2. The van der Waals surface area contributed by atoms with Gasteiger partial charge in [0.05, 0.1) is 11.1 Å². The largest absolute Gasteiger partial charge is 0.358 e. The summed E-state index contributed by atoms with van der Waals surface area (Å²) in [5.74, 6) is -0.294. The minimum absolute atomic E-state index is 0.0150. The first-order valence-corrected chi connectivity index (χ1v) is 9.63. The number of aryl methyl sites for hydroxylation is 2. The summed E-state index contributed by atoms with van der Waals surface area (Å²) in [5, 5.41) is 6.20. The molecule has 3 N–H and O–H groups in total. The summed E-state index contributed by atoms with van der Waals surface area (Å²) in [7, 11) is 0. The fourth-order valence-electron chi connectivity index (χ4n) is 4.75. The van der Waals surface area contributed by atoms with Gasteiger partial charge in [-0.05, 0) is 50.2 Å². The van der Waals surface area contributed by atoms with Crippen molar-refractivity contribution in [2.24, 2.45) is 0 Å². The van der Waals surface area contributed by atoms with Crippen LogP contribution in [0.5, 0.6) is 0 Å². The molecule has 4 amide bonds. The number of likely N-dealkylation sites (tertiary alicyclic amines) is 1. The highest BCUT2D eigenvalue weighted by Gasteiger charge is 2.48. The van der Waals surface area contributed by atoms with Crippen LogP contribution in [0, 0.1) is 0 Å². The Kier molecular flexibility index (Phi) is 3.54. The van der Waals surface area contributed by atoms with Crippen LogP contribution in [0.25, 0.3) is 10.9 Å². The van der Waals surface area contributed by atoms with Crippen LogP contribution >= 0.6 is 0 Å². The van der Waals surface area contributed by atoms with E-state index in [0.717, 1.165) is 23.7 Å². The average molecular weight is 366 g/mol. The quantitative estimate of drug-likeness (QED) is 0.673. The van der Waals surface area contributed by atoms with Crippen LogP contribution in [0.1, 0.15) is 47.3 Å². The zero-order valence-electron chi connectivity index (χ0n) is 15.1. The topological polar surface area (TPSA) is 94.3 Å². The lowest BCUT2D eigenvalue weighted by Crippen LogP contribution is -2.55. The number of hydrogen-bond acceptors (Lipinski definition) is 3.